The molecule has 1 fully saturated rings. The van der Waals surface area contributed by atoms with Gasteiger partial charge in [0.05, 0.1) is 17.4 Å². The maximum Gasteiger partial charge on any atom is 0.264 e. The number of hydrogen-bond donors (Lipinski definition) is 2. The lowest BCUT2D eigenvalue weighted by Crippen LogP contribution is -2.46. The van der Waals surface area contributed by atoms with Crippen molar-refractivity contribution in [2.45, 2.75) is 44.5 Å². The van der Waals surface area contributed by atoms with Crippen LogP contribution in [0.3, 0.4) is 0 Å². The molecule has 1 aromatic rings. The van der Waals surface area contributed by atoms with Crippen molar-refractivity contribution in [1.82, 2.24) is 0 Å². The van der Waals surface area contributed by atoms with Gasteiger partial charge in [0, 0.05) is 34.1 Å². The average molecular weight is 471 g/mol. The average Bonchev–Trinajstić information content (AvgIpc) is 2.96. The summed E-state index contributed by atoms with van der Waals surface area (Å²) in [6.07, 6.45) is 1.69. The molecule has 1 spiro atoms. The van der Waals surface area contributed by atoms with Crippen molar-refractivity contribution < 1.29 is 19.7 Å². The molecule has 0 aromatic heterocycles. The number of nitrogens with zero attached hydrogens (tertiary/aromatic N) is 1. The minimum absolute atomic E-state index is 0.0518. The topological polar surface area (TPSA) is 70.0 Å². The van der Waals surface area contributed by atoms with Gasteiger partial charge in [-0.25, -0.2) is 0 Å². The Morgan fingerprint density at radius 2 is 2.15 bits per heavy atom. The van der Waals surface area contributed by atoms with E-state index in [1.54, 1.807) is 24.8 Å². The van der Waals surface area contributed by atoms with Crippen LogP contribution in [0.5, 0.6) is 0 Å². The Morgan fingerprint density at radius 3 is 2.73 bits per heavy atom. The summed E-state index contributed by atoms with van der Waals surface area (Å²) < 4.78 is 7.45. The fourth-order valence-corrected chi connectivity index (χ4v) is 5.25. The first-order valence-corrected chi connectivity index (χ1v) is 10.00. The summed E-state index contributed by atoms with van der Waals surface area (Å²) in [7, 11) is 0. The number of rotatable bonds is 5. The Labute approximate surface area is 168 Å². The second-order valence-electron chi connectivity index (χ2n) is 7.74. The highest BCUT2D eigenvalue weighted by Gasteiger charge is 2.65. The van der Waals surface area contributed by atoms with Gasteiger partial charge in [0.2, 0.25) is 0 Å². The lowest BCUT2D eigenvalue weighted by atomic mass is 9.71. The van der Waals surface area contributed by atoms with E-state index in [9.17, 15) is 15.0 Å². The minimum atomic E-state index is -1.13. The molecule has 4 atom stereocenters. The number of hydrogen-bond acceptors (Lipinski definition) is 4. The van der Waals surface area contributed by atoms with E-state index in [2.05, 4.69) is 29.2 Å². The molecule has 5 nitrogen and oxygen atoms in total. The van der Waals surface area contributed by atoms with Crippen LogP contribution in [-0.4, -0.2) is 41.0 Å². The molecule has 0 bridgehead atoms. The number of aliphatic hydroxyl groups excluding tert-OH is 1. The van der Waals surface area contributed by atoms with Crippen LogP contribution in [0.25, 0.3) is 0 Å². The van der Waals surface area contributed by atoms with E-state index in [0.29, 0.717) is 13.0 Å². The molecule has 26 heavy (non-hydrogen) atoms. The van der Waals surface area contributed by atoms with Gasteiger partial charge in [-0.2, -0.15) is 0 Å². The second kappa shape index (κ2) is 6.89. The fraction of sp³-hybridized carbons (Fsp3) is 0.550. The predicted octanol–water partition coefficient (Wildman–Crippen LogP) is 2.82. The van der Waals surface area contributed by atoms with E-state index in [0.717, 1.165) is 14.8 Å². The molecule has 2 aliphatic rings. The maximum atomic E-state index is 13.5. The van der Waals surface area contributed by atoms with Crippen molar-refractivity contribution in [3.63, 3.8) is 0 Å². The zero-order valence-electron chi connectivity index (χ0n) is 15.4. The molecule has 0 radical (unpaired) electrons. The Hall–Kier alpha value is -0.960. The first kappa shape index (κ1) is 19.8. The monoisotopic (exact) mass is 471 g/mol. The van der Waals surface area contributed by atoms with Gasteiger partial charge in [0.15, 0.2) is 5.60 Å². The van der Waals surface area contributed by atoms with Crippen LogP contribution in [-0.2, 0) is 15.1 Å². The standard InChI is InChI=1S/C20H26INO4/c1-5-9-22-15-7-6-13(21)11-14(15)20(18(22)24)12(2)17(19(3,4)25)16(26-20)8-10-23/h5-7,11-12,16-17,23,25H,1,8-10H2,2-4H3/t12-,16+,17-,20+/m1/s1. The highest BCUT2D eigenvalue weighted by atomic mass is 127. The molecule has 1 saturated heterocycles. The molecule has 3 rings (SSSR count). The lowest BCUT2D eigenvalue weighted by Gasteiger charge is -2.34. The molecule has 0 saturated carbocycles. The molecule has 1 aromatic carbocycles. The number of halogens is 1. The summed E-state index contributed by atoms with van der Waals surface area (Å²) in [5.41, 5.74) is -0.485. The van der Waals surface area contributed by atoms with E-state index in [4.69, 9.17) is 4.74 Å². The fourth-order valence-electron chi connectivity index (χ4n) is 4.76. The molecular formula is C20H26INO4. The number of carbonyl (C=O) groups is 1. The van der Waals surface area contributed by atoms with Crippen molar-refractivity contribution >= 4 is 34.2 Å². The van der Waals surface area contributed by atoms with E-state index in [-0.39, 0.29) is 24.3 Å². The number of anilines is 1. The van der Waals surface area contributed by atoms with Crippen LogP contribution in [0.2, 0.25) is 0 Å². The third-order valence-corrected chi connectivity index (χ3v) is 6.34. The van der Waals surface area contributed by atoms with Gasteiger partial charge in [-0.05, 0) is 61.1 Å². The zero-order valence-corrected chi connectivity index (χ0v) is 17.6. The van der Waals surface area contributed by atoms with Crippen molar-refractivity contribution in [3.05, 3.63) is 40.0 Å². The minimum Gasteiger partial charge on any atom is -0.396 e. The molecule has 6 heteroatoms. The third kappa shape index (κ3) is 2.82. The molecule has 142 valence electrons. The molecule has 2 N–H and O–H groups in total. The Kier molecular flexibility index (Phi) is 5.24. The van der Waals surface area contributed by atoms with Crippen molar-refractivity contribution in [1.29, 1.82) is 0 Å². The van der Waals surface area contributed by atoms with Crippen molar-refractivity contribution in [2.24, 2.45) is 11.8 Å². The highest BCUT2D eigenvalue weighted by Crippen LogP contribution is 2.57. The molecular weight excluding hydrogens is 445 g/mol. The maximum absolute atomic E-state index is 13.5. The zero-order chi connectivity index (χ0) is 19.3. The summed E-state index contributed by atoms with van der Waals surface area (Å²) in [6.45, 7) is 9.59. The summed E-state index contributed by atoms with van der Waals surface area (Å²) >= 11 is 2.23. The summed E-state index contributed by atoms with van der Waals surface area (Å²) in [5, 5.41) is 20.3. The molecule has 0 unspecified atom stereocenters. The van der Waals surface area contributed by atoms with E-state index < -0.39 is 17.3 Å². The molecule has 1 amide bonds. The van der Waals surface area contributed by atoms with Crippen LogP contribution in [0.4, 0.5) is 5.69 Å². The van der Waals surface area contributed by atoms with Gasteiger partial charge in [-0.3, -0.25) is 4.79 Å². The van der Waals surface area contributed by atoms with E-state index >= 15 is 0 Å². The highest BCUT2D eigenvalue weighted by molar-refractivity contribution is 14.1. The smallest absolute Gasteiger partial charge is 0.264 e. The van der Waals surface area contributed by atoms with Crippen LogP contribution in [0, 0.1) is 15.4 Å². The van der Waals surface area contributed by atoms with Crippen molar-refractivity contribution in [2.75, 3.05) is 18.1 Å². The number of benzene rings is 1. The first-order chi connectivity index (χ1) is 12.2. The second-order valence-corrected chi connectivity index (χ2v) is 8.98. The third-order valence-electron chi connectivity index (χ3n) is 5.67. The quantitative estimate of drug-likeness (QED) is 0.512. The molecule has 2 heterocycles. The Balaban J connectivity index is 2.18. The Bertz CT molecular complexity index is 729. The van der Waals surface area contributed by atoms with Gasteiger partial charge in [-0.15, -0.1) is 6.58 Å². The van der Waals surface area contributed by atoms with Gasteiger partial charge in [-0.1, -0.05) is 13.0 Å². The van der Waals surface area contributed by atoms with Crippen LogP contribution in [0.1, 0.15) is 32.8 Å². The van der Waals surface area contributed by atoms with Crippen molar-refractivity contribution in [3.8, 4) is 0 Å². The van der Waals surface area contributed by atoms with Crippen LogP contribution in [0.15, 0.2) is 30.9 Å². The van der Waals surface area contributed by atoms with Crippen LogP contribution >= 0.6 is 22.6 Å². The first-order valence-electron chi connectivity index (χ1n) is 8.92. The summed E-state index contributed by atoms with van der Waals surface area (Å²) in [6, 6.07) is 5.91. The number of amides is 1. The number of aliphatic hydroxyl groups is 2. The Morgan fingerprint density at radius 1 is 1.46 bits per heavy atom. The van der Waals surface area contributed by atoms with Gasteiger partial charge < -0.3 is 19.8 Å². The van der Waals surface area contributed by atoms with Crippen LogP contribution < -0.4 is 4.90 Å². The van der Waals surface area contributed by atoms with Gasteiger partial charge >= 0.3 is 0 Å². The summed E-state index contributed by atoms with van der Waals surface area (Å²) in [5.74, 6) is -0.622. The van der Waals surface area contributed by atoms with Gasteiger partial charge in [0.25, 0.3) is 5.91 Å². The van der Waals surface area contributed by atoms with E-state index in [1.165, 1.54) is 0 Å². The summed E-state index contributed by atoms with van der Waals surface area (Å²) in [4.78, 5) is 15.2. The molecule has 0 aliphatic carbocycles. The largest absolute Gasteiger partial charge is 0.396 e. The molecule has 2 aliphatic heterocycles. The number of ether oxygens (including phenoxy) is 1. The predicted molar refractivity (Wildman–Crippen MR) is 109 cm³/mol. The van der Waals surface area contributed by atoms with Gasteiger partial charge in [0.1, 0.15) is 0 Å². The SMILES string of the molecule is C=CCN1C(=O)[C@@]2(O[C@@H](CCO)[C@H](C(C)(C)O)[C@H]2C)c2cc(I)ccc21. The number of fused-ring (bicyclic) bond motifs is 2. The normalized spacial score (nSPS) is 30.9. The van der Waals surface area contributed by atoms with E-state index in [1.807, 2.05) is 25.1 Å². The lowest BCUT2D eigenvalue weighted by molar-refractivity contribution is -0.146. The number of carbonyl (C=O) groups excluding carboxylic acids is 1.